The Kier molecular flexibility index (Phi) is 4.74. The van der Waals surface area contributed by atoms with Crippen molar-refractivity contribution in [1.82, 2.24) is 10.2 Å². The number of hydrogen-bond donors (Lipinski definition) is 2. The standard InChI is InChI=1S/C11H13Cl2N3O3S/c12-9-7-8(1-2-10(9)20(13,18)19)15-11(17)16-5-3-14-4-6-16/h1-2,7,14H,3-6H2,(H,15,17). The lowest BCUT2D eigenvalue weighted by atomic mass is 10.3. The first kappa shape index (κ1) is 15.4. The molecule has 0 unspecified atom stereocenters. The molecule has 0 saturated carbocycles. The molecule has 1 fully saturated rings. The zero-order valence-corrected chi connectivity index (χ0v) is 12.7. The SMILES string of the molecule is O=C(Nc1ccc(S(=O)(=O)Cl)c(Cl)c1)N1CCNCC1. The van der Waals surface area contributed by atoms with Gasteiger partial charge in [0.25, 0.3) is 9.05 Å². The number of carbonyl (C=O) groups excluding carboxylic acids is 1. The minimum Gasteiger partial charge on any atom is -0.322 e. The second-order valence-electron chi connectivity index (χ2n) is 4.25. The number of piperazine rings is 1. The van der Waals surface area contributed by atoms with Crippen LogP contribution >= 0.6 is 22.3 Å². The third-order valence-corrected chi connectivity index (χ3v) is 4.65. The predicted molar refractivity (Wildman–Crippen MR) is 78.0 cm³/mol. The van der Waals surface area contributed by atoms with Gasteiger partial charge in [0, 0.05) is 42.5 Å². The molecule has 1 aliphatic rings. The van der Waals surface area contributed by atoms with E-state index in [9.17, 15) is 13.2 Å². The topological polar surface area (TPSA) is 78.5 Å². The van der Waals surface area contributed by atoms with Gasteiger partial charge in [0.1, 0.15) is 4.90 Å². The highest BCUT2D eigenvalue weighted by Crippen LogP contribution is 2.27. The first-order valence-corrected chi connectivity index (χ1v) is 8.57. The molecular formula is C11H13Cl2N3O3S. The molecule has 110 valence electrons. The van der Waals surface area contributed by atoms with E-state index < -0.39 is 9.05 Å². The van der Waals surface area contributed by atoms with E-state index in [-0.39, 0.29) is 15.9 Å². The quantitative estimate of drug-likeness (QED) is 0.805. The molecule has 2 rings (SSSR count). The van der Waals surface area contributed by atoms with Gasteiger partial charge in [0.05, 0.1) is 5.02 Å². The number of benzene rings is 1. The van der Waals surface area contributed by atoms with Crippen LogP contribution in [0.5, 0.6) is 0 Å². The Bertz CT molecular complexity index is 615. The third kappa shape index (κ3) is 3.76. The predicted octanol–water partition coefficient (Wildman–Crippen LogP) is 1.70. The summed E-state index contributed by atoms with van der Waals surface area (Å²) in [7, 11) is 1.34. The highest BCUT2D eigenvalue weighted by atomic mass is 35.7. The van der Waals surface area contributed by atoms with E-state index in [1.54, 1.807) is 4.90 Å². The van der Waals surface area contributed by atoms with Gasteiger partial charge in [-0.2, -0.15) is 0 Å². The van der Waals surface area contributed by atoms with Crippen LogP contribution in [0.3, 0.4) is 0 Å². The Balaban J connectivity index is 2.10. The molecule has 6 nitrogen and oxygen atoms in total. The van der Waals surface area contributed by atoms with Crippen LogP contribution in [-0.2, 0) is 9.05 Å². The molecule has 2 amide bonds. The highest BCUT2D eigenvalue weighted by Gasteiger charge is 2.18. The zero-order chi connectivity index (χ0) is 14.8. The number of halogens is 2. The maximum atomic E-state index is 12.0. The van der Waals surface area contributed by atoms with Crippen molar-refractivity contribution >= 4 is 43.1 Å². The molecule has 0 radical (unpaired) electrons. The van der Waals surface area contributed by atoms with Crippen molar-refractivity contribution < 1.29 is 13.2 Å². The summed E-state index contributed by atoms with van der Waals surface area (Å²) in [5, 5.41) is 5.78. The summed E-state index contributed by atoms with van der Waals surface area (Å²) in [6.45, 7) is 2.73. The molecule has 1 saturated heterocycles. The Morgan fingerprint density at radius 1 is 1.30 bits per heavy atom. The summed E-state index contributed by atoms with van der Waals surface area (Å²) in [5.74, 6) is 0. The van der Waals surface area contributed by atoms with Crippen LogP contribution in [0, 0.1) is 0 Å². The average Bonchev–Trinajstić information content (AvgIpc) is 2.38. The molecule has 0 bridgehead atoms. The fourth-order valence-electron chi connectivity index (χ4n) is 1.85. The molecule has 0 aromatic heterocycles. The van der Waals surface area contributed by atoms with Crippen LogP contribution < -0.4 is 10.6 Å². The molecule has 0 aliphatic carbocycles. The highest BCUT2D eigenvalue weighted by molar-refractivity contribution is 8.13. The molecule has 2 N–H and O–H groups in total. The van der Waals surface area contributed by atoms with Gasteiger partial charge in [-0.3, -0.25) is 0 Å². The van der Waals surface area contributed by atoms with Gasteiger partial charge in [-0.05, 0) is 18.2 Å². The van der Waals surface area contributed by atoms with Crippen LogP contribution in [0.25, 0.3) is 0 Å². The van der Waals surface area contributed by atoms with E-state index in [4.69, 9.17) is 22.3 Å². The van der Waals surface area contributed by atoms with Crippen molar-refractivity contribution in [3.05, 3.63) is 23.2 Å². The minimum atomic E-state index is -3.89. The van der Waals surface area contributed by atoms with E-state index in [1.165, 1.54) is 18.2 Å². The summed E-state index contributed by atoms with van der Waals surface area (Å²) in [5.41, 5.74) is 0.419. The van der Waals surface area contributed by atoms with Crippen LogP contribution in [-0.4, -0.2) is 45.5 Å². The average molecular weight is 338 g/mol. The van der Waals surface area contributed by atoms with E-state index in [0.717, 1.165) is 13.1 Å². The normalized spacial score (nSPS) is 16.0. The number of carbonyl (C=O) groups is 1. The number of urea groups is 1. The number of hydrogen-bond acceptors (Lipinski definition) is 4. The molecule has 1 heterocycles. The van der Waals surface area contributed by atoms with Gasteiger partial charge in [0.2, 0.25) is 0 Å². The molecule has 9 heteroatoms. The maximum absolute atomic E-state index is 12.0. The fraction of sp³-hybridized carbons (Fsp3) is 0.364. The largest absolute Gasteiger partial charge is 0.322 e. The third-order valence-electron chi connectivity index (χ3n) is 2.85. The van der Waals surface area contributed by atoms with Gasteiger partial charge in [-0.15, -0.1) is 0 Å². The van der Waals surface area contributed by atoms with Crippen molar-refractivity contribution in [2.75, 3.05) is 31.5 Å². The summed E-state index contributed by atoms with van der Waals surface area (Å²) < 4.78 is 22.4. The summed E-state index contributed by atoms with van der Waals surface area (Å²) in [6.07, 6.45) is 0. The van der Waals surface area contributed by atoms with E-state index in [2.05, 4.69) is 10.6 Å². The van der Waals surface area contributed by atoms with Crippen LogP contribution in [0.1, 0.15) is 0 Å². The Hall–Kier alpha value is -1.02. The van der Waals surface area contributed by atoms with Crippen molar-refractivity contribution in [3.8, 4) is 0 Å². The summed E-state index contributed by atoms with van der Waals surface area (Å²) >= 11 is 5.84. The van der Waals surface area contributed by atoms with Crippen molar-refractivity contribution in [1.29, 1.82) is 0 Å². The van der Waals surface area contributed by atoms with Gasteiger partial charge >= 0.3 is 6.03 Å². The lowest BCUT2D eigenvalue weighted by molar-refractivity contribution is 0.204. The van der Waals surface area contributed by atoms with Crippen LogP contribution in [0.2, 0.25) is 5.02 Å². The summed E-state index contributed by atoms with van der Waals surface area (Å²) in [6, 6.07) is 3.82. The smallest absolute Gasteiger partial charge is 0.321 e. The zero-order valence-electron chi connectivity index (χ0n) is 10.4. The van der Waals surface area contributed by atoms with Gasteiger partial charge in [-0.1, -0.05) is 11.6 Å². The second kappa shape index (κ2) is 6.17. The second-order valence-corrected chi connectivity index (χ2v) is 7.19. The van der Waals surface area contributed by atoms with Gasteiger partial charge in [-0.25, -0.2) is 13.2 Å². The number of amides is 2. The molecule has 20 heavy (non-hydrogen) atoms. The Morgan fingerprint density at radius 3 is 2.50 bits per heavy atom. The molecule has 1 aliphatic heterocycles. The monoisotopic (exact) mass is 337 g/mol. The van der Waals surface area contributed by atoms with E-state index in [1.807, 2.05) is 0 Å². The first-order valence-electron chi connectivity index (χ1n) is 5.89. The molecule has 0 atom stereocenters. The molecule has 0 spiro atoms. The Morgan fingerprint density at radius 2 is 1.95 bits per heavy atom. The van der Waals surface area contributed by atoms with Gasteiger partial charge in [0.15, 0.2) is 0 Å². The summed E-state index contributed by atoms with van der Waals surface area (Å²) in [4.78, 5) is 13.4. The van der Waals surface area contributed by atoms with Crippen molar-refractivity contribution in [2.45, 2.75) is 4.90 Å². The number of rotatable bonds is 2. The fourth-order valence-corrected chi connectivity index (χ4v) is 3.38. The lowest BCUT2D eigenvalue weighted by Crippen LogP contribution is -2.48. The Labute approximate surface area is 126 Å². The molecular weight excluding hydrogens is 325 g/mol. The maximum Gasteiger partial charge on any atom is 0.321 e. The van der Waals surface area contributed by atoms with E-state index >= 15 is 0 Å². The lowest BCUT2D eigenvalue weighted by Gasteiger charge is -2.27. The van der Waals surface area contributed by atoms with Gasteiger partial charge < -0.3 is 15.5 Å². The first-order chi connectivity index (χ1) is 9.38. The van der Waals surface area contributed by atoms with Crippen molar-refractivity contribution in [2.24, 2.45) is 0 Å². The number of nitrogens with one attached hydrogen (secondary N) is 2. The molecule has 1 aromatic carbocycles. The number of anilines is 1. The molecule has 1 aromatic rings. The van der Waals surface area contributed by atoms with Crippen molar-refractivity contribution in [3.63, 3.8) is 0 Å². The number of nitrogens with zero attached hydrogens (tertiary/aromatic N) is 1. The minimum absolute atomic E-state index is 0.0295. The van der Waals surface area contributed by atoms with Crippen LogP contribution in [0.4, 0.5) is 10.5 Å². The van der Waals surface area contributed by atoms with E-state index in [0.29, 0.717) is 18.8 Å². The van der Waals surface area contributed by atoms with Crippen LogP contribution in [0.15, 0.2) is 23.1 Å².